The topological polar surface area (TPSA) is 71.5 Å². The first-order chi connectivity index (χ1) is 11.6. The minimum absolute atomic E-state index is 0.182. The van der Waals surface area contributed by atoms with Crippen molar-refractivity contribution >= 4 is 0 Å². The number of nitrogens with zero attached hydrogens (tertiary/aromatic N) is 3. The fourth-order valence-corrected chi connectivity index (χ4v) is 3.56. The van der Waals surface area contributed by atoms with Crippen LogP contribution in [0.1, 0.15) is 25.7 Å². The summed E-state index contributed by atoms with van der Waals surface area (Å²) in [6.07, 6.45) is 4.55. The maximum atomic E-state index is 11.9. The average Bonchev–Trinajstić information content (AvgIpc) is 3.19. The first-order valence-corrected chi connectivity index (χ1v) is 8.62. The molecule has 1 unspecified atom stereocenters. The Labute approximate surface area is 141 Å². The number of likely N-dealkylation sites (N-methyl/N-ethyl adjacent to an activating group) is 1. The van der Waals surface area contributed by atoms with Crippen molar-refractivity contribution in [3.05, 3.63) is 40.9 Å². The van der Waals surface area contributed by atoms with Crippen LogP contribution >= 0.6 is 0 Å². The van der Waals surface area contributed by atoms with Crippen LogP contribution in [0.15, 0.2) is 39.6 Å². The largest absolute Gasteiger partial charge is 0.441 e. The van der Waals surface area contributed by atoms with Gasteiger partial charge in [-0.2, -0.15) is 0 Å². The van der Waals surface area contributed by atoms with E-state index in [0.29, 0.717) is 12.4 Å². The Balaban J connectivity index is 1.63. The van der Waals surface area contributed by atoms with E-state index in [4.69, 9.17) is 4.52 Å². The van der Waals surface area contributed by atoms with Crippen molar-refractivity contribution in [1.29, 1.82) is 0 Å². The van der Waals surface area contributed by atoms with E-state index in [-0.39, 0.29) is 6.54 Å². The van der Waals surface area contributed by atoms with E-state index in [1.165, 1.54) is 30.3 Å². The van der Waals surface area contributed by atoms with Gasteiger partial charge in [-0.25, -0.2) is 4.79 Å². The molecule has 6 heteroatoms. The number of hydrogen-bond acceptors (Lipinski definition) is 5. The molecule has 0 bridgehead atoms. The minimum Gasteiger partial charge on any atom is -0.390 e. The Kier molecular flexibility index (Phi) is 5.48. The van der Waals surface area contributed by atoms with Gasteiger partial charge in [-0.3, -0.25) is 9.09 Å². The normalized spacial score (nSPS) is 16.8. The van der Waals surface area contributed by atoms with Gasteiger partial charge in [0, 0.05) is 18.7 Å². The molecule has 0 radical (unpaired) electrons. The van der Waals surface area contributed by atoms with Gasteiger partial charge in [-0.1, -0.05) is 48.3 Å². The number of aliphatic hydroxyl groups excluding tert-OH is 1. The van der Waals surface area contributed by atoms with E-state index in [1.807, 2.05) is 37.4 Å². The predicted octanol–water partition coefficient (Wildman–Crippen LogP) is 1.99. The molecular formula is C18H25N3O3. The van der Waals surface area contributed by atoms with Crippen LogP contribution in [0.5, 0.6) is 0 Å². The van der Waals surface area contributed by atoms with Crippen molar-refractivity contribution in [3.8, 4) is 11.4 Å². The van der Waals surface area contributed by atoms with Gasteiger partial charge in [-0.05, 0) is 25.8 Å². The highest BCUT2D eigenvalue weighted by Gasteiger charge is 2.20. The van der Waals surface area contributed by atoms with E-state index < -0.39 is 11.9 Å². The average molecular weight is 331 g/mol. The van der Waals surface area contributed by atoms with Crippen LogP contribution in [0.2, 0.25) is 0 Å². The number of aliphatic hydroxyl groups is 1. The van der Waals surface area contributed by atoms with E-state index in [2.05, 4.69) is 10.1 Å². The fourth-order valence-electron chi connectivity index (χ4n) is 3.56. The molecule has 1 aromatic heterocycles. The quantitative estimate of drug-likeness (QED) is 0.840. The van der Waals surface area contributed by atoms with Crippen LogP contribution in [0.4, 0.5) is 0 Å². The van der Waals surface area contributed by atoms with Crippen molar-refractivity contribution < 1.29 is 9.63 Å². The molecule has 1 fully saturated rings. The molecule has 1 heterocycles. The third kappa shape index (κ3) is 4.13. The molecule has 130 valence electrons. The number of aromatic nitrogens is 2. The Morgan fingerprint density at radius 2 is 2.04 bits per heavy atom. The van der Waals surface area contributed by atoms with E-state index >= 15 is 0 Å². The standard InChI is InChI=1S/C18H25N3O3/c1-20(11-14-7-5-6-8-14)12-16(22)13-21-17(19-24-18(21)23)15-9-3-2-4-10-15/h2-4,9-10,14,16,22H,5-8,11-13H2,1H3. The van der Waals surface area contributed by atoms with Crippen LogP contribution in [0, 0.1) is 5.92 Å². The molecule has 2 aromatic rings. The fraction of sp³-hybridized carbons (Fsp3) is 0.556. The lowest BCUT2D eigenvalue weighted by atomic mass is 10.1. The number of hydrogen-bond donors (Lipinski definition) is 1. The third-order valence-electron chi connectivity index (χ3n) is 4.68. The molecule has 0 amide bonds. The van der Waals surface area contributed by atoms with Crippen molar-refractivity contribution in [2.24, 2.45) is 5.92 Å². The molecule has 0 aliphatic heterocycles. The molecule has 6 nitrogen and oxygen atoms in total. The Bertz CT molecular complexity index is 689. The van der Waals surface area contributed by atoms with Crippen LogP contribution in [-0.4, -0.2) is 46.0 Å². The molecule has 1 N–H and O–H groups in total. The van der Waals surface area contributed by atoms with Crippen molar-refractivity contribution in [2.75, 3.05) is 20.1 Å². The van der Waals surface area contributed by atoms with Gasteiger partial charge in [0.2, 0.25) is 0 Å². The van der Waals surface area contributed by atoms with Crippen LogP contribution in [-0.2, 0) is 6.54 Å². The van der Waals surface area contributed by atoms with Gasteiger partial charge in [-0.15, -0.1) is 0 Å². The number of benzene rings is 1. The monoisotopic (exact) mass is 331 g/mol. The summed E-state index contributed by atoms with van der Waals surface area (Å²) in [7, 11) is 2.02. The lowest BCUT2D eigenvalue weighted by Crippen LogP contribution is -2.36. The zero-order valence-electron chi connectivity index (χ0n) is 14.1. The van der Waals surface area contributed by atoms with Crippen LogP contribution in [0.25, 0.3) is 11.4 Å². The lowest BCUT2D eigenvalue weighted by Gasteiger charge is -2.23. The molecule has 1 aromatic carbocycles. The summed E-state index contributed by atoms with van der Waals surface area (Å²) in [6.45, 7) is 1.71. The highest BCUT2D eigenvalue weighted by Crippen LogP contribution is 2.25. The summed E-state index contributed by atoms with van der Waals surface area (Å²) < 4.78 is 6.20. The second-order valence-corrected chi connectivity index (χ2v) is 6.77. The zero-order chi connectivity index (χ0) is 16.9. The van der Waals surface area contributed by atoms with E-state index in [1.54, 1.807) is 0 Å². The van der Waals surface area contributed by atoms with E-state index in [0.717, 1.165) is 18.0 Å². The molecule has 0 saturated heterocycles. The van der Waals surface area contributed by atoms with Crippen LogP contribution in [0.3, 0.4) is 0 Å². The van der Waals surface area contributed by atoms with Gasteiger partial charge in [0.1, 0.15) is 0 Å². The molecule has 1 atom stereocenters. The summed E-state index contributed by atoms with van der Waals surface area (Å²) in [5.41, 5.74) is 0.801. The number of rotatable bonds is 7. The summed E-state index contributed by atoms with van der Waals surface area (Å²) >= 11 is 0. The molecule has 1 aliphatic carbocycles. The zero-order valence-corrected chi connectivity index (χ0v) is 14.1. The molecule has 1 aliphatic rings. The summed E-state index contributed by atoms with van der Waals surface area (Å²) in [5, 5.41) is 14.2. The first kappa shape index (κ1) is 16.9. The lowest BCUT2D eigenvalue weighted by molar-refractivity contribution is 0.101. The molecule has 0 spiro atoms. The summed E-state index contributed by atoms with van der Waals surface area (Å²) in [6, 6.07) is 9.40. The molecule has 24 heavy (non-hydrogen) atoms. The van der Waals surface area contributed by atoms with Gasteiger partial charge < -0.3 is 10.0 Å². The van der Waals surface area contributed by atoms with Gasteiger partial charge in [0.25, 0.3) is 0 Å². The van der Waals surface area contributed by atoms with Crippen molar-refractivity contribution in [3.63, 3.8) is 0 Å². The maximum Gasteiger partial charge on any atom is 0.441 e. The molecular weight excluding hydrogens is 306 g/mol. The Hall–Kier alpha value is -1.92. The van der Waals surface area contributed by atoms with Crippen molar-refractivity contribution in [2.45, 2.75) is 38.3 Å². The van der Waals surface area contributed by atoms with Gasteiger partial charge in [0.05, 0.1) is 12.6 Å². The first-order valence-electron chi connectivity index (χ1n) is 8.62. The Morgan fingerprint density at radius 3 is 2.75 bits per heavy atom. The summed E-state index contributed by atoms with van der Waals surface area (Å²) in [4.78, 5) is 14.1. The third-order valence-corrected chi connectivity index (χ3v) is 4.68. The molecule has 3 rings (SSSR count). The van der Waals surface area contributed by atoms with Crippen LogP contribution < -0.4 is 5.76 Å². The van der Waals surface area contributed by atoms with Gasteiger partial charge >= 0.3 is 5.76 Å². The van der Waals surface area contributed by atoms with E-state index in [9.17, 15) is 9.90 Å². The predicted molar refractivity (Wildman–Crippen MR) is 91.7 cm³/mol. The molecule has 1 saturated carbocycles. The second-order valence-electron chi connectivity index (χ2n) is 6.77. The highest BCUT2D eigenvalue weighted by atomic mass is 16.5. The summed E-state index contributed by atoms with van der Waals surface area (Å²) in [5.74, 6) is 0.657. The van der Waals surface area contributed by atoms with Crippen molar-refractivity contribution in [1.82, 2.24) is 14.6 Å². The van der Waals surface area contributed by atoms with Gasteiger partial charge in [0.15, 0.2) is 5.82 Å². The maximum absolute atomic E-state index is 11.9. The SMILES string of the molecule is CN(CC(O)Cn1c(-c2ccccc2)noc1=O)CC1CCCC1. The Morgan fingerprint density at radius 1 is 1.33 bits per heavy atom. The minimum atomic E-state index is -0.643. The smallest absolute Gasteiger partial charge is 0.390 e. The second kappa shape index (κ2) is 7.77. The highest BCUT2D eigenvalue weighted by molar-refractivity contribution is 5.54.